The van der Waals surface area contributed by atoms with Crippen LogP contribution in [0.25, 0.3) is 0 Å². The van der Waals surface area contributed by atoms with Gasteiger partial charge in [-0.3, -0.25) is 14.9 Å². The van der Waals surface area contributed by atoms with Gasteiger partial charge in [-0.05, 0) is 25.3 Å². The second kappa shape index (κ2) is 6.43. The van der Waals surface area contributed by atoms with Gasteiger partial charge in [0.25, 0.3) is 11.6 Å². The summed E-state index contributed by atoms with van der Waals surface area (Å²) in [5.41, 5.74) is -0.352. The summed E-state index contributed by atoms with van der Waals surface area (Å²) in [5.74, 6) is -1.11. The van der Waals surface area contributed by atoms with Gasteiger partial charge >= 0.3 is 0 Å². The molecule has 0 atom stereocenters. The number of nitriles is 1. The summed E-state index contributed by atoms with van der Waals surface area (Å²) >= 11 is 0. The van der Waals surface area contributed by atoms with Crippen LogP contribution in [0.1, 0.15) is 41.6 Å². The number of carbonyl (C=O) groups excluding carboxylic acids is 1. The molecule has 1 aliphatic carbocycles. The Balaban J connectivity index is 1.76. The standard InChI is InChI=1S/C17H19N3O5/c1-12-2-3-13(20(22)23)10-14(12)15(21)19-16(11-18)4-6-17(7-5-16)24-8-9-25-17/h2-3,10H,4-9H2,1H3,(H,19,21). The molecule has 132 valence electrons. The fourth-order valence-corrected chi connectivity index (χ4v) is 3.36. The van der Waals surface area contributed by atoms with Gasteiger partial charge in [0.1, 0.15) is 5.54 Å². The summed E-state index contributed by atoms with van der Waals surface area (Å²) in [4.78, 5) is 23.0. The van der Waals surface area contributed by atoms with Crippen LogP contribution in [0, 0.1) is 28.4 Å². The van der Waals surface area contributed by atoms with E-state index < -0.39 is 22.2 Å². The van der Waals surface area contributed by atoms with E-state index in [0.29, 0.717) is 44.5 Å². The number of nitrogens with one attached hydrogen (secondary N) is 1. The number of carbonyl (C=O) groups is 1. The fourth-order valence-electron chi connectivity index (χ4n) is 3.36. The first kappa shape index (κ1) is 17.3. The number of rotatable bonds is 3. The molecule has 1 spiro atoms. The van der Waals surface area contributed by atoms with Gasteiger partial charge in [0.2, 0.25) is 0 Å². The molecule has 2 aliphatic rings. The van der Waals surface area contributed by atoms with Crippen molar-refractivity contribution in [2.75, 3.05) is 13.2 Å². The van der Waals surface area contributed by atoms with Crippen LogP contribution >= 0.6 is 0 Å². The van der Waals surface area contributed by atoms with E-state index in [-0.39, 0.29) is 11.3 Å². The summed E-state index contributed by atoms with van der Waals surface area (Å²) in [6.45, 7) is 2.78. The quantitative estimate of drug-likeness (QED) is 0.663. The van der Waals surface area contributed by atoms with Gasteiger partial charge in [0.05, 0.1) is 24.2 Å². The number of ether oxygens (including phenoxy) is 2. The third kappa shape index (κ3) is 3.34. The lowest BCUT2D eigenvalue weighted by molar-refractivity contribution is -0.384. The largest absolute Gasteiger partial charge is 0.348 e. The Kier molecular flexibility index (Phi) is 4.45. The van der Waals surface area contributed by atoms with Gasteiger partial charge in [0.15, 0.2) is 5.79 Å². The molecule has 25 heavy (non-hydrogen) atoms. The Hall–Kier alpha value is -2.50. The van der Waals surface area contributed by atoms with Crippen LogP contribution in [0.3, 0.4) is 0 Å². The van der Waals surface area contributed by atoms with Crippen molar-refractivity contribution < 1.29 is 19.2 Å². The monoisotopic (exact) mass is 345 g/mol. The molecule has 2 fully saturated rings. The summed E-state index contributed by atoms with van der Waals surface area (Å²) in [5, 5.41) is 23.3. The van der Waals surface area contributed by atoms with Crippen LogP contribution in [-0.2, 0) is 9.47 Å². The average Bonchev–Trinajstić information content (AvgIpc) is 3.06. The van der Waals surface area contributed by atoms with Crippen molar-refractivity contribution in [3.8, 4) is 6.07 Å². The van der Waals surface area contributed by atoms with Crippen LogP contribution in [-0.4, -0.2) is 35.4 Å². The van der Waals surface area contributed by atoms with Crippen molar-refractivity contribution >= 4 is 11.6 Å². The Morgan fingerprint density at radius 3 is 2.48 bits per heavy atom. The van der Waals surface area contributed by atoms with Gasteiger partial charge in [-0.25, -0.2) is 0 Å². The van der Waals surface area contributed by atoms with E-state index in [4.69, 9.17) is 9.47 Å². The fraction of sp³-hybridized carbons (Fsp3) is 0.529. The maximum atomic E-state index is 12.6. The lowest BCUT2D eigenvalue weighted by atomic mass is 9.79. The van der Waals surface area contributed by atoms with Gasteiger partial charge < -0.3 is 14.8 Å². The molecular weight excluding hydrogens is 326 g/mol. The third-order valence-corrected chi connectivity index (χ3v) is 4.92. The highest BCUT2D eigenvalue weighted by Crippen LogP contribution is 2.40. The van der Waals surface area contributed by atoms with Crippen LogP contribution in [0.15, 0.2) is 18.2 Å². The number of non-ortho nitro benzene ring substituents is 1. The van der Waals surface area contributed by atoms with Gasteiger partial charge in [0, 0.05) is 30.5 Å². The predicted molar refractivity (Wildman–Crippen MR) is 86.7 cm³/mol. The number of nitro groups is 1. The van der Waals surface area contributed by atoms with E-state index in [1.165, 1.54) is 18.2 Å². The lowest BCUT2D eigenvalue weighted by Gasteiger charge is -2.40. The average molecular weight is 345 g/mol. The van der Waals surface area contributed by atoms with Gasteiger partial charge in [-0.1, -0.05) is 6.07 Å². The number of nitrogens with zero attached hydrogens (tertiary/aromatic N) is 2. The van der Waals surface area contributed by atoms with E-state index in [9.17, 15) is 20.2 Å². The molecule has 1 amide bonds. The highest BCUT2D eigenvalue weighted by Gasteiger charge is 2.47. The van der Waals surface area contributed by atoms with Crippen molar-refractivity contribution in [3.05, 3.63) is 39.4 Å². The summed E-state index contributed by atoms with van der Waals surface area (Å²) in [7, 11) is 0. The molecule has 1 N–H and O–H groups in total. The Bertz CT molecular complexity index is 739. The van der Waals surface area contributed by atoms with Crippen molar-refractivity contribution in [2.45, 2.75) is 43.9 Å². The third-order valence-electron chi connectivity index (χ3n) is 4.92. The molecule has 1 saturated heterocycles. The smallest absolute Gasteiger partial charge is 0.270 e. The first-order chi connectivity index (χ1) is 11.9. The molecule has 1 aromatic rings. The second-order valence-electron chi connectivity index (χ2n) is 6.51. The molecule has 8 nitrogen and oxygen atoms in total. The Morgan fingerprint density at radius 1 is 1.28 bits per heavy atom. The molecule has 1 heterocycles. The number of nitro benzene ring substituents is 1. The predicted octanol–water partition coefficient (Wildman–Crippen LogP) is 2.21. The molecule has 1 saturated carbocycles. The molecular formula is C17H19N3O5. The molecule has 0 unspecified atom stereocenters. The summed E-state index contributed by atoms with van der Waals surface area (Å²) in [6.07, 6.45) is 1.86. The Morgan fingerprint density at radius 2 is 1.92 bits per heavy atom. The number of hydrogen-bond acceptors (Lipinski definition) is 6. The second-order valence-corrected chi connectivity index (χ2v) is 6.51. The van der Waals surface area contributed by atoms with Crippen molar-refractivity contribution in [1.29, 1.82) is 5.26 Å². The molecule has 1 aliphatic heterocycles. The maximum absolute atomic E-state index is 12.6. The first-order valence-corrected chi connectivity index (χ1v) is 8.15. The summed E-state index contributed by atoms with van der Waals surface area (Å²) in [6, 6.07) is 6.33. The van der Waals surface area contributed by atoms with Crippen LogP contribution in [0.5, 0.6) is 0 Å². The zero-order chi connectivity index (χ0) is 18.1. The zero-order valence-corrected chi connectivity index (χ0v) is 13.9. The SMILES string of the molecule is Cc1ccc([N+](=O)[O-])cc1C(=O)NC1(C#N)CCC2(CC1)OCCO2. The van der Waals surface area contributed by atoms with Crippen LogP contribution in [0.4, 0.5) is 5.69 Å². The van der Waals surface area contributed by atoms with Crippen molar-refractivity contribution in [1.82, 2.24) is 5.32 Å². The minimum atomic E-state index is -1.02. The first-order valence-electron chi connectivity index (χ1n) is 8.15. The van der Waals surface area contributed by atoms with E-state index in [0.717, 1.165) is 0 Å². The molecule has 0 aromatic heterocycles. The minimum Gasteiger partial charge on any atom is -0.348 e. The molecule has 3 rings (SSSR count). The summed E-state index contributed by atoms with van der Waals surface area (Å²) < 4.78 is 11.3. The maximum Gasteiger partial charge on any atom is 0.270 e. The number of benzene rings is 1. The topological polar surface area (TPSA) is 114 Å². The van der Waals surface area contributed by atoms with Crippen molar-refractivity contribution in [2.24, 2.45) is 0 Å². The Labute approximate surface area is 144 Å². The molecule has 1 aromatic carbocycles. The van der Waals surface area contributed by atoms with E-state index in [2.05, 4.69) is 11.4 Å². The van der Waals surface area contributed by atoms with Gasteiger partial charge in [-0.15, -0.1) is 0 Å². The van der Waals surface area contributed by atoms with E-state index >= 15 is 0 Å². The highest BCUT2D eigenvalue weighted by atomic mass is 16.7. The minimum absolute atomic E-state index is 0.155. The van der Waals surface area contributed by atoms with E-state index in [1.807, 2.05) is 0 Å². The normalized spacial score (nSPS) is 20.8. The van der Waals surface area contributed by atoms with E-state index in [1.54, 1.807) is 6.92 Å². The number of amides is 1. The molecule has 8 heteroatoms. The van der Waals surface area contributed by atoms with Crippen LogP contribution < -0.4 is 5.32 Å². The molecule has 0 bridgehead atoms. The molecule has 0 radical (unpaired) electrons. The zero-order valence-electron chi connectivity index (χ0n) is 13.9. The lowest BCUT2D eigenvalue weighted by Crippen LogP contribution is -2.53. The van der Waals surface area contributed by atoms with Crippen molar-refractivity contribution in [3.63, 3.8) is 0 Å². The van der Waals surface area contributed by atoms with Crippen LogP contribution in [0.2, 0.25) is 0 Å². The number of hydrogen-bond donors (Lipinski definition) is 1. The number of aryl methyl sites for hydroxylation is 1. The highest BCUT2D eigenvalue weighted by molar-refractivity contribution is 5.97. The van der Waals surface area contributed by atoms with Gasteiger partial charge in [-0.2, -0.15) is 5.26 Å².